The van der Waals surface area contributed by atoms with Crippen LogP contribution < -0.4 is 5.73 Å². The molecule has 1 aliphatic carbocycles. The molecule has 1 fully saturated rings. The van der Waals surface area contributed by atoms with Gasteiger partial charge in [-0.25, -0.2) is 0 Å². The molecule has 0 aliphatic heterocycles. The fourth-order valence-electron chi connectivity index (χ4n) is 2.41. The molecule has 1 saturated carbocycles. The second-order valence-electron chi connectivity index (χ2n) is 4.92. The number of hydrogen-bond acceptors (Lipinski definition) is 2. The predicted octanol–water partition coefficient (Wildman–Crippen LogP) is 2.15. The van der Waals surface area contributed by atoms with Gasteiger partial charge in [-0.3, -0.25) is 4.79 Å². The van der Waals surface area contributed by atoms with Gasteiger partial charge in [-0.2, -0.15) is 0 Å². The van der Waals surface area contributed by atoms with Crippen LogP contribution in [0, 0.1) is 5.92 Å². The van der Waals surface area contributed by atoms with Crippen molar-refractivity contribution in [1.29, 1.82) is 0 Å². The fraction of sp³-hybridized carbons (Fsp3) is 0.923. The molecule has 3 nitrogen and oxygen atoms in total. The topological polar surface area (TPSA) is 46.3 Å². The van der Waals surface area contributed by atoms with Gasteiger partial charge in [0.25, 0.3) is 0 Å². The molecular weight excluding hydrogens is 200 g/mol. The van der Waals surface area contributed by atoms with Gasteiger partial charge >= 0.3 is 0 Å². The molecule has 1 atom stereocenters. The van der Waals surface area contributed by atoms with Crippen molar-refractivity contribution in [3.8, 4) is 0 Å². The molecule has 1 amide bonds. The summed E-state index contributed by atoms with van der Waals surface area (Å²) in [6, 6.07) is 0.494. The van der Waals surface area contributed by atoms with Gasteiger partial charge in [0, 0.05) is 18.5 Å². The zero-order valence-electron chi connectivity index (χ0n) is 10.7. The molecule has 2 N–H and O–H groups in total. The first kappa shape index (κ1) is 13.5. The average Bonchev–Trinajstić information content (AvgIpc) is 2.82. The van der Waals surface area contributed by atoms with Crippen molar-refractivity contribution in [2.24, 2.45) is 11.7 Å². The van der Waals surface area contributed by atoms with E-state index in [9.17, 15) is 4.79 Å². The second kappa shape index (κ2) is 6.89. The molecule has 1 aliphatic rings. The minimum absolute atomic E-state index is 0.165. The summed E-state index contributed by atoms with van der Waals surface area (Å²) in [6.45, 7) is 5.65. The summed E-state index contributed by atoms with van der Waals surface area (Å²) < 4.78 is 0. The summed E-state index contributed by atoms with van der Waals surface area (Å²) in [6.07, 6.45) is 6.79. The highest BCUT2D eigenvalue weighted by Gasteiger charge is 2.28. The lowest BCUT2D eigenvalue weighted by molar-refractivity contribution is -0.137. The number of amides is 1. The van der Waals surface area contributed by atoms with E-state index in [2.05, 4.69) is 11.8 Å². The van der Waals surface area contributed by atoms with Gasteiger partial charge in [-0.05, 0) is 32.2 Å². The van der Waals surface area contributed by atoms with Crippen molar-refractivity contribution in [2.75, 3.05) is 13.1 Å². The van der Waals surface area contributed by atoms with Gasteiger partial charge in [0.15, 0.2) is 0 Å². The van der Waals surface area contributed by atoms with Gasteiger partial charge in [0.1, 0.15) is 0 Å². The maximum absolute atomic E-state index is 12.3. The molecule has 0 aromatic heterocycles. The Balaban J connectivity index is 2.57. The number of rotatable bonds is 6. The van der Waals surface area contributed by atoms with Crippen LogP contribution in [0.1, 0.15) is 52.4 Å². The number of hydrogen-bond donors (Lipinski definition) is 1. The Morgan fingerprint density at radius 2 is 2.06 bits per heavy atom. The van der Waals surface area contributed by atoms with Gasteiger partial charge < -0.3 is 10.6 Å². The van der Waals surface area contributed by atoms with Crippen LogP contribution in [0.25, 0.3) is 0 Å². The standard InChI is InChI=1S/C13H26N2O/c1-3-11(2)13(16)15(10-6-9-14)12-7-4-5-8-12/h11-12H,3-10,14H2,1-2H3. The summed E-state index contributed by atoms with van der Waals surface area (Å²) >= 11 is 0. The Morgan fingerprint density at radius 3 is 2.56 bits per heavy atom. The molecule has 0 bridgehead atoms. The quantitative estimate of drug-likeness (QED) is 0.754. The van der Waals surface area contributed by atoms with Crippen LogP contribution in [-0.2, 0) is 4.79 Å². The third kappa shape index (κ3) is 3.48. The van der Waals surface area contributed by atoms with E-state index in [-0.39, 0.29) is 5.92 Å². The van der Waals surface area contributed by atoms with Crippen LogP contribution in [0.5, 0.6) is 0 Å². The van der Waals surface area contributed by atoms with E-state index in [0.29, 0.717) is 18.5 Å². The largest absolute Gasteiger partial charge is 0.339 e. The van der Waals surface area contributed by atoms with E-state index in [4.69, 9.17) is 5.73 Å². The normalized spacial score (nSPS) is 18.7. The van der Waals surface area contributed by atoms with E-state index in [1.54, 1.807) is 0 Å². The van der Waals surface area contributed by atoms with Crippen LogP contribution in [0.3, 0.4) is 0 Å². The monoisotopic (exact) mass is 226 g/mol. The lowest BCUT2D eigenvalue weighted by Gasteiger charge is -2.31. The smallest absolute Gasteiger partial charge is 0.225 e. The maximum atomic E-state index is 12.3. The number of carbonyl (C=O) groups excluding carboxylic acids is 1. The van der Waals surface area contributed by atoms with Crippen LogP contribution in [0.2, 0.25) is 0 Å². The molecule has 16 heavy (non-hydrogen) atoms. The minimum Gasteiger partial charge on any atom is -0.339 e. The Kier molecular flexibility index (Phi) is 5.81. The summed E-state index contributed by atoms with van der Waals surface area (Å²) in [5.41, 5.74) is 5.55. The van der Waals surface area contributed by atoms with Crippen LogP contribution >= 0.6 is 0 Å². The van der Waals surface area contributed by atoms with Gasteiger partial charge in [-0.15, -0.1) is 0 Å². The lowest BCUT2D eigenvalue weighted by Crippen LogP contribution is -2.42. The lowest BCUT2D eigenvalue weighted by atomic mass is 10.1. The van der Waals surface area contributed by atoms with Crippen molar-refractivity contribution in [3.63, 3.8) is 0 Å². The number of carbonyl (C=O) groups is 1. The molecular formula is C13H26N2O. The summed E-state index contributed by atoms with van der Waals surface area (Å²) in [5, 5.41) is 0. The van der Waals surface area contributed by atoms with Crippen LogP contribution in [0.4, 0.5) is 0 Å². The van der Waals surface area contributed by atoms with Crippen molar-refractivity contribution in [2.45, 2.75) is 58.4 Å². The highest BCUT2D eigenvalue weighted by molar-refractivity contribution is 5.78. The second-order valence-corrected chi connectivity index (χ2v) is 4.92. The molecule has 0 aromatic rings. The highest BCUT2D eigenvalue weighted by atomic mass is 16.2. The number of nitrogens with two attached hydrogens (primary N) is 1. The Hall–Kier alpha value is -0.570. The number of nitrogens with zero attached hydrogens (tertiary/aromatic N) is 1. The molecule has 1 rings (SSSR count). The van der Waals surface area contributed by atoms with Gasteiger partial charge in [0.2, 0.25) is 5.91 Å². The van der Waals surface area contributed by atoms with Crippen LogP contribution in [-0.4, -0.2) is 29.9 Å². The van der Waals surface area contributed by atoms with Crippen molar-refractivity contribution in [3.05, 3.63) is 0 Å². The predicted molar refractivity (Wildman–Crippen MR) is 67.1 cm³/mol. The third-order valence-electron chi connectivity index (χ3n) is 3.69. The van der Waals surface area contributed by atoms with E-state index < -0.39 is 0 Å². The van der Waals surface area contributed by atoms with Crippen molar-refractivity contribution >= 4 is 5.91 Å². The Bertz CT molecular complexity index is 212. The molecule has 0 saturated heterocycles. The fourth-order valence-corrected chi connectivity index (χ4v) is 2.41. The van der Waals surface area contributed by atoms with E-state index in [1.807, 2.05) is 6.92 Å². The first-order valence-electron chi connectivity index (χ1n) is 6.71. The zero-order chi connectivity index (χ0) is 12.0. The van der Waals surface area contributed by atoms with Gasteiger partial charge in [-0.1, -0.05) is 26.7 Å². The Morgan fingerprint density at radius 1 is 1.44 bits per heavy atom. The summed E-state index contributed by atoms with van der Waals surface area (Å²) in [7, 11) is 0. The molecule has 94 valence electrons. The average molecular weight is 226 g/mol. The van der Waals surface area contributed by atoms with E-state index in [0.717, 1.165) is 19.4 Å². The summed E-state index contributed by atoms with van der Waals surface area (Å²) in [4.78, 5) is 14.4. The SMILES string of the molecule is CCC(C)C(=O)N(CCCN)C1CCCC1. The van der Waals surface area contributed by atoms with Crippen LogP contribution in [0.15, 0.2) is 0 Å². The zero-order valence-corrected chi connectivity index (χ0v) is 10.7. The molecule has 0 aromatic carbocycles. The third-order valence-corrected chi connectivity index (χ3v) is 3.69. The van der Waals surface area contributed by atoms with E-state index in [1.165, 1.54) is 25.7 Å². The Labute approximate surface area is 99.4 Å². The molecule has 3 heteroatoms. The first-order chi connectivity index (χ1) is 7.70. The van der Waals surface area contributed by atoms with E-state index >= 15 is 0 Å². The molecule has 0 heterocycles. The minimum atomic E-state index is 0.165. The molecule has 1 unspecified atom stereocenters. The maximum Gasteiger partial charge on any atom is 0.225 e. The highest BCUT2D eigenvalue weighted by Crippen LogP contribution is 2.25. The van der Waals surface area contributed by atoms with Gasteiger partial charge in [0.05, 0.1) is 0 Å². The molecule has 0 radical (unpaired) electrons. The molecule has 0 spiro atoms. The first-order valence-corrected chi connectivity index (χ1v) is 6.71. The summed E-state index contributed by atoms with van der Waals surface area (Å²) in [5.74, 6) is 0.501. The van der Waals surface area contributed by atoms with Crippen molar-refractivity contribution in [1.82, 2.24) is 4.90 Å². The van der Waals surface area contributed by atoms with Crippen molar-refractivity contribution < 1.29 is 4.79 Å².